The normalized spacial score (nSPS) is 12.0. The maximum absolute atomic E-state index is 10.8. The van der Waals surface area contributed by atoms with Crippen molar-refractivity contribution in [3.8, 4) is 0 Å². The molecule has 0 fully saturated rings. The van der Waals surface area contributed by atoms with Crippen LogP contribution in [0.2, 0.25) is 0 Å². The van der Waals surface area contributed by atoms with Gasteiger partial charge in [0.25, 0.3) is 0 Å². The topological polar surface area (TPSA) is 69.2 Å². The lowest BCUT2D eigenvalue weighted by Gasteiger charge is -2.14. The summed E-state index contributed by atoms with van der Waals surface area (Å²) in [5.74, 6) is 0. The van der Waals surface area contributed by atoms with Crippen LogP contribution in [-0.2, 0) is 0 Å². The Morgan fingerprint density at radius 3 is 2.37 bits per heavy atom. The Morgan fingerprint density at radius 1 is 1.11 bits per heavy atom. The van der Waals surface area contributed by atoms with E-state index >= 15 is 0 Å². The Bertz CT molecular complexity index is 560. The Labute approximate surface area is 115 Å². The van der Waals surface area contributed by atoms with Crippen molar-refractivity contribution in [2.24, 2.45) is 0 Å². The molecule has 19 heavy (non-hydrogen) atoms. The molecule has 2 rings (SSSR count). The number of nitrogen functional groups attached to an aromatic ring is 1. The molecular formula is C14H14N2O2S. The van der Waals surface area contributed by atoms with Crippen molar-refractivity contribution in [2.75, 3.05) is 12.3 Å². The second kappa shape index (κ2) is 6.24. The van der Waals surface area contributed by atoms with Gasteiger partial charge in [0.05, 0.1) is 5.25 Å². The maximum Gasteiger partial charge on any atom is 0.220 e. The molecule has 0 saturated heterocycles. The van der Waals surface area contributed by atoms with Crippen LogP contribution in [0.15, 0.2) is 59.5 Å². The average Bonchev–Trinajstić information content (AvgIpc) is 2.41. The van der Waals surface area contributed by atoms with Crippen molar-refractivity contribution in [3.63, 3.8) is 0 Å². The maximum atomic E-state index is 10.8. The van der Waals surface area contributed by atoms with Crippen molar-refractivity contribution in [3.05, 3.63) is 70.3 Å². The zero-order valence-electron chi connectivity index (χ0n) is 10.2. The van der Waals surface area contributed by atoms with Crippen LogP contribution in [0.5, 0.6) is 0 Å². The van der Waals surface area contributed by atoms with Crippen molar-refractivity contribution in [2.45, 2.75) is 10.1 Å². The van der Waals surface area contributed by atoms with Crippen LogP contribution in [-0.4, -0.2) is 11.5 Å². The van der Waals surface area contributed by atoms with E-state index in [4.69, 9.17) is 5.73 Å². The molecule has 2 aromatic carbocycles. The molecule has 0 radical (unpaired) electrons. The summed E-state index contributed by atoms with van der Waals surface area (Å²) >= 11 is 1.43. The monoisotopic (exact) mass is 274 g/mol. The van der Waals surface area contributed by atoms with E-state index in [1.165, 1.54) is 11.8 Å². The van der Waals surface area contributed by atoms with Gasteiger partial charge in [0.15, 0.2) is 0 Å². The quantitative estimate of drug-likeness (QED) is 0.393. The molecule has 0 spiro atoms. The number of benzene rings is 2. The third kappa shape index (κ3) is 3.72. The Balaban J connectivity index is 2.24. The van der Waals surface area contributed by atoms with Gasteiger partial charge in [-0.2, -0.15) is 0 Å². The number of para-hydroxylation sites is 1. The highest BCUT2D eigenvalue weighted by Crippen LogP contribution is 2.37. The minimum absolute atomic E-state index is 0.122. The average molecular weight is 274 g/mol. The molecule has 0 unspecified atom stereocenters. The number of hydrogen-bond acceptors (Lipinski definition) is 4. The molecular weight excluding hydrogens is 260 g/mol. The fraction of sp³-hybridized carbons (Fsp3) is 0.143. The Hall–Kier alpha value is -2.01. The highest BCUT2D eigenvalue weighted by Gasteiger charge is 2.19. The Morgan fingerprint density at radius 2 is 1.74 bits per heavy atom. The van der Waals surface area contributed by atoms with Crippen LogP contribution in [0.25, 0.3) is 0 Å². The smallest absolute Gasteiger partial charge is 0.220 e. The van der Waals surface area contributed by atoms with Crippen molar-refractivity contribution < 1.29 is 4.92 Å². The van der Waals surface area contributed by atoms with Gasteiger partial charge < -0.3 is 5.73 Å². The zero-order valence-corrected chi connectivity index (χ0v) is 11.0. The summed E-state index contributed by atoms with van der Waals surface area (Å²) in [6, 6.07) is 16.9. The molecule has 4 nitrogen and oxygen atoms in total. The van der Waals surface area contributed by atoms with Gasteiger partial charge in [0.2, 0.25) is 6.54 Å². The van der Waals surface area contributed by atoms with E-state index in [2.05, 4.69) is 0 Å². The summed E-state index contributed by atoms with van der Waals surface area (Å²) in [6.45, 7) is -0.122. The molecule has 0 aromatic heterocycles. The number of hydrogen-bond donors (Lipinski definition) is 1. The molecule has 98 valence electrons. The second-order valence-electron chi connectivity index (χ2n) is 4.07. The first-order valence-corrected chi connectivity index (χ1v) is 6.72. The van der Waals surface area contributed by atoms with Crippen LogP contribution in [0.4, 0.5) is 5.69 Å². The van der Waals surface area contributed by atoms with Gasteiger partial charge in [-0.25, -0.2) is 0 Å². The summed E-state index contributed by atoms with van der Waals surface area (Å²) < 4.78 is 0. The van der Waals surface area contributed by atoms with E-state index in [0.29, 0.717) is 5.69 Å². The van der Waals surface area contributed by atoms with Crippen molar-refractivity contribution in [1.82, 2.24) is 0 Å². The molecule has 1 atom stereocenters. The lowest BCUT2D eigenvalue weighted by molar-refractivity contribution is -0.479. The minimum Gasteiger partial charge on any atom is -0.398 e. The highest BCUT2D eigenvalue weighted by molar-refractivity contribution is 7.99. The highest BCUT2D eigenvalue weighted by atomic mass is 32.2. The fourth-order valence-electron chi connectivity index (χ4n) is 1.75. The number of nitro groups is 1. The first kappa shape index (κ1) is 13.4. The molecule has 2 aromatic rings. The summed E-state index contributed by atoms with van der Waals surface area (Å²) in [7, 11) is 0. The molecule has 0 aliphatic rings. The number of thioether (sulfide) groups is 1. The minimum atomic E-state index is -0.288. The lowest BCUT2D eigenvalue weighted by Crippen LogP contribution is -2.10. The third-order valence-corrected chi connectivity index (χ3v) is 4.01. The SMILES string of the molecule is Nc1ccccc1S[C@H](C[N+](=O)[O-])c1ccccc1. The summed E-state index contributed by atoms with van der Waals surface area (Å²) in [5, 5.41) is 10.6. The van der Waals surface area contributed by atoms with E-state index < -0.39 is 0 Å². The van der Waals surface area contributed by atoms with E-state index in [-0.39, 0.29) is 16.7 Å². The summed E-state index contributed by atoms with van der Waals surface area (Å²) in [6.07, 6.45) is 0. The molecule has 0 amide bonds. The van der Waals surface area contributed by atoms with Crippen molar-refractivity contribution in [1.29, 1.82) is 0 Å². The predicted molar refractivity (Wildman–Crippen MR) is 77.8 cm³/mol. The molecule has 5 heteroatoms. The standard InChI is InChI=1S/C14H14N2O2S/c15-12-8-4-5-9-13(12)19-14(10-16(17)18)11-6-2-1-3-7-11/h1-9,14H,10,15H2/t14-/m1/s1. The summed E-state index contributed by atoms with van der Waals surface area (Å²) in [4.78, 5) is 11.4. The van der Waals surface area contributed by atoms with Gasteiger partial charge in [0, 0.05) is 15.5 Å². The van der Waals surface area contributed by atoms with Crippen LogP contribution in [0.3, 0.4) is 0 Å². The molecule has 0 saturated carbocycles. The van der Waals surface area contributed by atoms with Crippen LogP contribution >= 0.6 is 11.8 Å². The molecule has 0 aliphatic heterocycles. The van der Waals surface area contributed by atoms with Crippen molar-refractivity contribution >= 4 is 17.4 Å². The van der Waals surface area contributed by atoms with E-state index in [1.54, 1.807) is 6.07 Å². The van der Waals surface area contributed by atoms with E-state index in [1.807, 2.05) is 48.5 Å². The molecule has 2 N–H and O–H groups in total. The van der Waals surface area contributed by atoms with Gasteiger partial charge in [0.1, 0.15) is 0 Å². The number of rotatable bonds is 5. The first-order valence-electron chi connectivity index (χ1n) is 5.84. The van der Waals surface area contributed by atoms with Gasteiger partial charge in [-0.1, -0.05) is 42.5 Å². The van der Waals surface area contributed by atoms with Crippen LogP contribution < -0.4 is 5.73 Å². The van der Waals surface area contributed by atoms with E-state index in [0.717, 1.165) is 10.5 Å². The third-order valence-electron chi connectivity index (χ3n) is 2.67. The molecule has 0 aliphatic carbocycles. The number of anilines is 1. The number of nitrogens with zero attached hydrogens (tertiary/aromatic N) is 1. The first-order chi connectivity index (χ1) is 9.16. The van der Waals surface area contributed by atoms with Gasteiger partial charge in [-0.3, -0.25) is 10.1 Å². The van der Waals surface area contributed by atoms with Gasteiger partial charge in [-0.15, -0.1) is 11.8 Å². The lowest BCUT2D eigenvalue weighted by atomic mass is 10.1. The second-order valence-corrected chi connectivity index (χ2v) is 5.31. The predicted octanol–water partition coefficient (Wildman–Crippen LogP) is 3.38. The van der Waals surface area contributed by atoms with E-state index in [9.17, 15) is 10.1 Å². The Kier molecular flexibility index (Phi) is 4.41. The summed E-state index contributed by atoms with van der Waals surface area (Å²) in [5.41, 5.74) is 7.47. The fourth-order valence-corrected chi connectivity index (χ4v) is 2.91. The van der Waals surface area contributed by atoms with Crippen LogP contribution in [0.1, 0.15) is 10.8 Å². The van der Waals surface area contributed by atoms with Gasteiger partial charge >= 0.3 is 0 Å². The zero-order chi connectivity index (χ0) is 13.7. The molecule has 0 bridgehead atoms. The van der Waals surface area contributed by atoms with Gasteiger partial charge in [-0.05, 0) is 17.7 Å². The molecule has 0 heterocycles. The largest absolute Gasteiger partial charge is 0.398 e. The van der Waals surface area contributed by atoms with Crippen LogP contribution in [0, 0.1) is 10.1 Å². The number of nitrogens with two attached hydrogens (primary N) is 1.